The molecule has 0 fully saturated rings. The zero-order valence-corrected chi connectivity index (χ0v) is 18.1. The normalized spacial score (nSPS) is 10.9. The fourth-order valence-corrected chi connectivity index (χ4v) is 3.95. The number of amides is 1. The second kappa shape index (κ2) is 9.68. The van der Waals surface area contributed by atoms with E-state index in [1.54, 1.807) is 12.1 Å². The Hall–Kier alpha value is -3.29. The third kappa shape index (κ3) is 5.07. The molecular weight excluding hydrogens is 430 g/mol. The van der Waals surface area contributed by atoms with Crippen molar-refractivity contribution in [3.8, 4) is 11.4 Å². The van der Waals surface area contributed by atoms with Gasteiger partial charge in [0.1, 0.15) is 0 Å². The van der Waals surface area contributed by atoms with E-state index >= 15 is 0 Å². The largest absolute Gasteiger partial charge is 0.344 e. The van der Waals surface area contributed by atoms with E-state index in [9.17, 15) is 4.79 Å². The molecule has 31 heavy (non-hydrogen) atoms. The van der Waals surface area contributed by atoms with Crippen LogP contribution >= 0.6 is 23.4 Å². The number of benzene rings is 3. The molecule has 6 nitrogen and oxygen atoms in total. The minimum absolute atomic E-state index is 0.126. The van der Waals surface area contributed by atoms with Gasteiger partial charge in [0.25, 0.3) is 0 Å². The molecule has 3 aromatic carbocycles. The van der Waals surface area contributed by atoms with Crippen LogP contribution in [-0.2, 0) is 4.79 Å². The first kappa shape index (κ1) is 21.0. The van der Waals surface area contributed by atoms with Crippen LogP contribution in [0.2, 0.25) is 5.02 Å². The summed E-state index contributed by atoms with van der Waals surface area (Å²) in [5, 5.41) is 12.5. The molecular formula is C23H20ClN5OS. The standard InChI is InChI=1S/C23H20ClN5OS/c24-19-13-11-18(12-14-19)22-27-28-23(29(22)25)31-15-20(30)26-21(16-7-3-1-4-8-16)17-9-5-2-6-10-17/h1-14,21H,15,25H2,(H,26,30). The Morgan fingerprint density at radius 1 is 0.935 bits per heavy atom. The van der Waals surface area contributed by atoms with E-state index in [-0.39, 0.29) is 17.7 Å². The van der Waals surface area contributed by atoms with Crippen LogP contribution in [0.4, 0.5) is 0 Å². The van der Waals surface area contributed by atoms with Gasteiger partial charge in [-0.1, -0.05) is 84.0 Å². The van der Waals surface area contributed by atoms with Crippen LogP contribution in [0.25, 0.3) is 11.4 Å². The number of hydrogen-bond acceptors (Lipinski definition) is 5. The number of nitrogens with one attached hydrogen (secondary N) is 1. The molecule has 0 aliphatic heterocycles. The van der Waals surface area contributed by atoms with Crippen molar-refractivity contribution in [3.05, 3.63) is 101 Å². The second-order valence-corrected chi connectivity index (χ2v) is 8.17. The van der Waals surface area contributed by atoms with Crippen molar-refractivity contribution in [2.75, 3.05) is 11.6 Å². The van der Waals surface area contributed by atoms with Crippen LogP contribution in [0.15, 0.2) is 90.1 Å². The van der Waals surface area contributed by atoms with Crippen LogP contribution in [0.3, 0.4) is 0 Å². The summed E-state index contributed by atoms with van der Waals surface area (Å²) in [6.45, 7) is 0. The number of thioether (sulfide) groups is 1. The van der Waals surface area contributed by atoms with Gasteiger partial charge in [0.15, 0.2) is 5.82 Å². The van der Waals surface area contributed by atoms with Crippen molar-refractivity contribution in [2.45, 2.75) is 11.2 Å². The first-order valence-corrected chi connectivity index (χ1v) is 11.0. The van der Waals surface area contributed by atoms with Crippen molar-refractivity contribution in [1.29, 1.82) is 0 Å². The van der Waals surface area contributed by atoms with Crippen LogP contribution in [0.1, 0.15) is 17.2 Å². The third-order valence-electron chi connectivity index (χ3n) is 4.67. The topological polar surface area (TPSA) is 85.8 Å². The van der Waals surface area contributed by atoms with E-state index in [4.69, 9.17) is 17.4 Å². The Labute approximate surface area is 189 Å². The Balaban J connectivity index is 1.45. The first-order valence-electron chi connectivity index (χ1n) is 9.60. The minimum Gasteiger partial charge on any atom is -0.344 e. The molecule has 0 spiro atoms. The quantitative estimate of drug-likeness (QED) is 0.324. The van der Waals surface area contributed by atoms with Gasteiger partial charge in [0.05, 0.1) is 11.8 Å². The molecule has 0 aliphatic rings. The van der Waals surface area contributed by atoms with Crippen LogP contribution in [0.5, 0.6) is 0 Å². The highest BCUT2D eigenvalue weighted by Gasteiger charge is 2.18. The fraction of sp³-hybridized carbons (Fsp3) is 0.0870. The summed E-state index contributed by atoms with van der Waals surface area (Å²) in [5.74, 6) is 6.69. The SMILES string of the molecule is Nn1c(SCC(=O)NC(c2ccccc2)c2ccccc2)nnc1-c1ccc(Cl)cc1. The summed E-state index contributed by atoms with van der Waals surface area (Å²) in [4.78, 5) is 12.8. The highest BCUT2D eigenvalue weighted by Crippen LogP contribution is 2.24. The maximum Gasteiger partial charge on any atom is 0.231 e. The zero-order valence-electron chi connectivity index (χ0n) is 16.5. The van der Waals surface area contributed by atoms with Gasteiger partial charge in [-0.3, -0.25) is 4.79 Å². The number of aromatic nitrogens is 3. The summed E-state index contributed by atoms with van der Waals surface area (Å²) < 4.78 is 1.38. The van der Waals surface area contributed by atoms with Gasteiger partial charge in [-0.05, 0) is 35.4 Å². The highest BCUT2D eigenvalue weighted by atomic mass is 35.5. The summed E-state index contributed by atoms with van der Waals surface area (Å²) in [6.07, 6.45) is 0. The third-order valence-corrected chi connectivity index (χ3v) is 5.87. The molecule has 1 heterocycles. The van der Waals surface area contributed by atoms with Gasteiger partial charge < -0.3 is 11.2 Å². The van der Waals surface area contributed by atoms with E-state index in [0.29, 0.717) is 16.0 Å². The highest BCUT2D eigenvalue weighted by molar-refractivity contribution is 7.99. The van der Waals surface area contributed by atoms with Gasteiger partial charge in [0.2, 0.25) is 11.1 Å². The predicted molar refractivity (Wildman–Crippen MR) is 124 cm³/mol. The van der Waals surface area contributed by atoms with E-state index in [0.717, 1.165) is 16.7 Å². The average Bonchev–Trinajstić information content (AvgIpc) is 3.18. The molecule has 4 aromatic rings. The molecule has 0 radical (unpaired) electrons. The average molecular weight is 450 g/mol. The van der Waals surface area contributed by atoms with Crippen molar-refractivity contribution >= 4 is 29.3 Å². The van der Waals surface area contributed by atoms with Crippen molar-refractivity contribution in [2.24, 2.45) is 0 Å². The molecule has 0 bridgehead atoms. The Kier molecular flexibility index (Phi) is 6.54. The number of nitrogen functional groups attached to an aromatic ring is 1. The van der Waals surface area contributed by atoms with E-state index < -0.39 is 0 Å². The van der Waals surface area contributed by atoms with Gasteiger partial charge >= 0.3 is 0 Å². The van der Waals surface area contributed by atoms with Crippen molar-refractivity contribution < 1.29 is 4.79 Å². The van der Waals surface area contributed by atoms with E-state index in [2.05, 4.69) is 15.5 Å². The molecule has 0 aliphatic carbocycles. The Bertz CT molecular complexity index is 1110. The molecule has 0 saturated heterocycles. The van der Waals surface area contributed by atoms with E-state index in [1.165, 1.54) is 16.4 Å². The van der Waals surface area contributed by atoms with Crippen LogP contribution < -0.4 is 11.2 Å². The molecule has 1 aromatic heterocycles. The summed E-state index contributed by atoms with van der Waals surface area (Å²) >= 11 is 7.17. The molecule has 1 amide bonds. The minimum atomic E-state index is -0.240. The van der Waals surface area contributed by atoms with Crippen LogP contribution in [-0.4, -0.2) is 26.5 Å². The number of carbonyl (C=O) groups excluding carboxylic acids is 1. The summed E-state index contributed by atoms with van der Waals surface area (Å²) in [7, 11) is 0. The maximum atomic E-state index is 12.8. The molecule has 0 unspecified atom stereocenters. The molecule has 3 N–H and O–H groups in total. The second-order valence-electron chi connectivity index (χ2n) is 6.79. The monoisotopic (exact) mass is 449 g/mol. The lowest BCUT2D eigenvalue weighted by Crippen LogP contribution is -2.30. The first-order chi connectivity index (χ1) is 15.1. The lowest BCUT2D eigenvalue weighted by Gasteiger charge is -2.19. The molecule has 0 atom stereocenters. The molecule has 4 rings (SSSR count). The smallest absolute Gasteiger partial charge is 0.231 e. The van der Waals surface area contributed by atoms with Crippen molar-refractivity contribution in [3.63, 3.8) is 0 Å². The Morgan fingerprint density at radius 3 is 2.10 bits per heavy atom. The molecule has 0 saturated carbocycles. The van der Waals surface area contributed by atoms with Gasteiger partial charge in [-0.25, -0.2) is 4.68 Å². The predicted octanol–water partition coefficient (Wildman–Crippen LogP) is 4.31. The molecule has 8 heteroatoms. The number of halogens is 1. The lowest BCUT2D eigenvalue weighted by atomic mass is 9.99. The number of carbonyl (C=O) groups is 1. The number of rotatable bonds is 7. The van der Waals surface area contributed by atoms with Gasteiger partial charge in [0, 0.05) is 10.6 Å². The fourth-order valence-electron chi connectivity index (χ4n) is 3.15. The number of hydrogen-bond donors (Lipinski definition) is 2. The zero-order chi connectivity index (χ0) is 21.6. The summed E-state index contributed by atoms with van der Waals surface area (Å²) in [6, 6.07) is 26.7. The van der Waals surface area contributed by atoms with Gasteiger partial charge in [-0.2, -0.15) is 0 Å². The summed E-state index contributed by atoms with van der Waals surface area (Å²) in [5.41, 5.74) is 2.82. The lowest BCUT2D eigenvalue weighted by molar-refractivity contribution is -0.119. The van der Waals surface area contributed by atoms with E-state index in [1.807, 2.05) is 72.8 Å². The number of nitrogens with two attached hydrogens (primary N) is 1. The number of nitrogens with zero attached hydrogens (tertiary/aromatic N) is 3. The van der Waals surface area contributed by atoms with Crippen LogP contribution in [0, 0.1) is 0 Å². The maximum absolute atomic E-state index is 12.8. The van der Waals surface area contributed by atoms with Crippen molar-refractivity contribution in [1.82, 2.24) is 20.2 Å². The molecule has 156 valence electrons. The van der Waals surface area contributed by atoms with Gasteiger partial charge in [-0.15, -0.1) is 10.2 Å². The Morgan fingerprint density at radius 2 is 1.52 bits per heavy atom.